The Bertz CT molecular complexity index is 1120. The van der Waals surface area contributed by atoms with Crippen molar-refractivity contribution in [1.29, 1.82) is 0 Å². The van der Waals surface area contributed by atoms with Crippen molar-refractivity contribution in [2.75, 3.05) is 10.0 Å². The maximum atomic E-state index is 10.9. The number of nitrogens with one attached hydrogen (secondary N) is 2. The van der Waals surface area contributed by atoms with E-state index < -0.39 is 0 Å². The summed E-state index contributed by atoms with van der Waals surface area (Å²) in [5, 5.41) is 3.97. The Morgan fingerprint density at radius 3 is 2.11 bits per heavy atom. The molecule has 4 rings (SSSR count). The molecule has 0 amide bonds. The fourth-order valence-electron chi connectivity index (χ4n) is 2.55. The second-order valence-electron chi connectivity index (χ2n) is 5.93. The average molecular weight is 407 g/mol. The van der Waals surface area contributed by atoms with Gasteiger partial charge in [0.2, 0.25) is 0 Å². The Morgan fingerprint density at radius 1 is 0.821 bits per heavy atom. The summed E-state index contributed by atoms with van der Waals surface area (Å²) in [4.78, 5) is 21.3. The predicted octanol–water partition coefficient (Wildman–Crippen LogP) is 5.96. The van der Waals surface area contributed by atoms with Crippen LogP contribution in [0.5, 0.6) is 0 Å². The number of aromatic nitrogens is 2. The van der Waals surface area contributed by atoms with E-state index in [9.17, 15) is 4.79 Å². The highest BCUT2D eigenvalue weighted by atomic mass is 35.5. The van der Waals surface area contributed by atoms with Crippen LogP contribution >= 0.6 is 23.5 Å². The molecular formula is C21H15ClN4OS. The number of rotatable bonds is 6. The molecule has 3 aromatic carbocycles. The van der Waals surface area contributed by atoms with Crippen molar-refractivity contribution in [1.82, 2.24) is 9.97 Å². The number of carbonyl (C=O) groups excluding carboxylic acids is 1. The van der Waals surface area contributed by atoms with Gasteiger partial charge in [0.25, 0.3) is 0 Å². The Hall–Kier alpha value is -3.09. The maximum absolute atomic E-state index is 10.9. The Kier molecular flexibility index (Phi) is 5.41. The van der Waals surface area contributed by atoms with Crippen LogP contribution in [-0.2, 0) is 0 Å². The summed E-state index contributed by atoms with van der Waals surface area (Å²) in [7, 11) is 0. The van der Waals surface area contributed by atoms with E-state index in [1.807, 2.05) is 60.7 Å². The molecule has 138 valence electrons. The number of hydrogen-bond donors (Lipinski definition) is 2. The second kappa shape index (κ2) is 8.29. The van der Waals surface area contributed by atoms with Crippen molar-refractivity contribution in [3.05, 3.63) is 83.4 Å². The van der Waals surface area contributed by atoms with Crippen molar-refractivity contribution in [3.8, 4) is 0 Å². The number of fused-ring (bicyclic) bond motifs is 1. The van der Waals surface area contributed by atoms with Gasteiger partial charge in [0, 0.05) is 21.2 Å². The van der Waals surface area contributed by atoms with Gasteiger partial charge in [-0.3, -0.25) is 4.79 Å². The average Bonchev–Trinajstić information content (AvgIpc) is 2.74. The molecule has 28 heavy (non-hydrogen) atoms. The molecule has 0 atom stereocenters. The lowest BCUT2D eigenvalue weighted by atomic mass is 10.2. The number of halogens is 1. The summed E-state index contributed by atoms with van der Waals surface area (Å²) in [6.45, 7) is 0. The van der Waals surface area contributed by atoms with Gasteiger partial charge in [0.05, 0.1) is 11.0 Å². The molecular weight excluding hydrogens is 392 g/mol. The molecule has 0 radical (unpaired) electrons. The van der Waals surface area contributed by atoms with Crippen LogP contribution in [0.15, 0.2) is 77.7 Å². The SMILES string of the molecule is O=Cc1ccc(Nc2nc3ccccc3nc2NSc2ccc(Cl)cc2)cc1. The van der Waals surface area contributed by atoms with E-state index in [2.05, 4.69) is 10.0 Å². The largest absolute Gasteiger partial charge is 0.337 e. The minimum Gasteiger partial charge on any atom is -0.337 e. The van der Waals surface area contributed by atoms with Crippen LogP contribution in [-0.4, -0.2) is 16.3 Å². The fourth-order valence-corrected chi connectivity index (χ4v) is 3.31. The van der Waals surface area contributed by atoms with E-state index in [1.54, 1.807) is 12.1 Å². The number of hydrogen-bond acceptors (Lipinski definition) is 6. The first-order chi connectivity index (χ1) is 13.7. The first-order valence-corrected chi connectivity index (χ1v) is 9.68. The molecule has 4 aromatic rings. The van der Waals surface area contributed by atoms with Crippen molar-refractivity contribution in [3.63, 3.8) is 0 Å². The molecule has 1 heterocycles. The van der Waals surface area contributed by atoms with Gasteiger partial charge in [-0.15, -0.1) is 0 Å². The second-order valence-corrected chi connectivity index (χ2v) is 7.25. The van der Waals surface area contributed by atoms with Gasteiger partial charge >= 0.3 is 0 Å². The first kappa shape index (κ1) is 18.3. The lowest BCUT2D eigenvalue weighted by molar-refractivity contribution is 0.112. The molecule has 2 N–H and O–H groups in total. The third kappa shape index (κ3) is 4.24. The minimum absolute atomic E-state index is 0.596. The fraction of sp³-hybridized carbons (Fsp3) is 0. The predicted molar refractivity (Wildman–Crippen MR) is 116 cm³/mol. The summed E-state index contributed by atoms with van der Waals surface area (Å²) in [6.07, 6.45) is 0.815. The van der Waals surface area contributed by atoms with Crippen molar-refractivity contribution in [2.45, 2.75) is 4.90 Å². The van der Waals surface area contributed by atoms with Crippen LogP contribution < -0.4 is 10.0 Å². The highest BCUT2D eigenvalue weighted by Gasteiger charge is 2.10. The standard InChI is InChI=1S/C21H15ClN4OS/c22-15-7-11-17(12-8-15)28-26-21-20(23-16-9-5-14(13-27)6-10-16)24-18-3-1-2-4-19(18)25-21/h1-13H,(H,23,24)(H,25,26). The van der Waals surface area contributed by atoms with Gasteiger partial charge in [0.1, 0.15) is 6.29 Å². The third-order valence-electron chi connectivity index (χ3n) is 3.96. The smallest absolute Gasteiger partial charge is 0.180 e. The van der Waals surface area contributed by atoms with E-state index in [4.69, 9.17) is 21.6 Å². The Labute approximate surface area is 171 Å². The molecule has 1 aromatic heterocycles. The first-order valence-electron chi connectivity index (χ1n) is 8.49. The quantitative estimate of drug-likeness (QED) is 0.304. The molecule has 0 fully saturated rings. The van der Waals surface area contributed by atoms with Crippen LogP contribution in [0, 0.1) is 0 Å². The lowest BCUT2D eigenvalue weighted by Crippen LogP contribution is -2.02. The zero-order valence-corrected chi connectivity index (χ0v) is 16.2. The number of aldehydes is 1. The number of nitrogens with zero attached hydrogens (tertiary/aromatic N) is 2. The number of benzene rings is 3. The van der Waals surface area contributed by atoms with Crippen LogP contribution in [0.25, 0.3) is 11.0 Å². The lowest BCUT2D eigenvalue weighted by Gasteiger charge is -2.13. The molecule has 0 saturated carbocycles. The maximum Gasteiger partial charge on any atom is 0.180 e. The zero-order valence-electron chi connectivity index (χ0n) is 14.6. The molecule has 0 aliphatic carbocycles. The van der Waals surface area contributed by atoms with Gasteiger partial charge < -0.3 is 10.0 Å². The van der Waals surface area contributed by atoms with Crippen LogP contribution in [0.2, 0.25) is 5.02 Å². The minimum atomic E-state index is 0.596. The van der Waals surface area contributed by atoms with E-state index in [0.29, 0.717) is 22.2 Å². The summed E-state index contributed by atoms with van der Waals surface area (Å²) in [5.74, 6) is 1.21. The van der Waals surface area contributed by atoms with Crippen LogP contribution in [0.3, 0.4) is 0 Å². The van der Waals surface area contributed by atoms with Crippen molar-refractivity contribution >= 4 is 58.2 Å². The summed E-state index contributed by atoms with van der Waals surface area (Å²) in [5.41, 5.74) is 3.02. The number of para-hydroxylation sites is 2. The highest BCUT2D eigenvalue weighted by molar-refractivity contribution is 8.00. The van der Waals surface area contributed by atoms with E-state index in [1.165, 1.54) is 11.9 Å². The number of carbonyl (C=O) groups is 1. The molecule has 0 spiro atoms. The van der Waals surface area contributed by atoms with E-state index >= 15 is 0 Å². The molecule has 0 saturated heterocycles. The molecule has 5 nitrogen and oxygen atoms in total. The van der Waals surface area contributed by atoms with Gasteiger partial charge in [-0.05, 0) is 72.6 Å². The van der Waals surface area contributed by atoms with Gasteiger partial charge in [-0.2, -0.15) is 0 Å². The third-order valence-corrected chi connectivity index (χ3v) is 5.01. The highest BCUT2D eigenvalue weighted by Crippen LogP contribution is 2.29. The zero-order chi connectivity index (χ0) is 19.3. The Balaban J connectivity index is 1.64. The van der Waals surface area contributed by atoms with Crippen molar-refractivity contribution < 1.29 is 4.79 Å². The number of anilines is 3. The monoisotopic (exact) mass is 406 g/mol. The Morgan fingerprint density at radius 2 is 1.46 bits per heavy atom. The van der Waals surface area contributed by atoms with E-state index in [-0.39, 0.29) is 0 Å². The summed E-state index contributed by atoms with van der Waals surface area (Å²) in [6, 6.07) is 22.4. The summed E-state index contributed by atoms with van der Waals surface area (Å²) < 4.78 is 3.27. The van der Waals surface area contributed by atoms with E-state index in [0.717, 1.165) is 27.9 Å². The molecule has 0 aliphatic heterocycles. The van der Waals surface area contributed by atoms with Gasteiger partial charge in [0.15, 0.2) is 11.6 Å². The van der Waals surface area contributed by atoms with Crippen LogP contribution in [0.1, 0.15) is 10.4 Å². The molecule has 7 heteroatoms. The summed E-state index contributed by atoms with van der Waals surface area (Å²) >= 11 is 7.37. The molecule has 0 unspecified atom stereocenters. The van der Waals surface area contributed by atoms with Crippen LogP contribution in [0.4, 0.5) is 17.3 Å². The van der Waals surface area contributed by atoms with Gasteiger partial charge in [-0.1, -0.05) is 23.7 Å². The van der Waals surface area contributed by atoms with Gasteiger partial charge in [-0.25, -0.2) is 9.97 Å². The normalized spacial score (nSPS) is 10.6. The molecule has 0 bridgehead atoms. The van der Waals surface area contributed by atoms with Crippen molar-refractivity contribution in [2.24, 2.45) is 0 Å². The molecule has 0 aliphatic rings. The topological polar surface area (TPSA) is 66.9 Å².